The second kappa shape index (κ2) is 3.48. The topological polar surface area (TPSA) is 50.9 Å². The number of anilines is 2. The fourth-order valence-corrected chi connectivity index (χ4v) is 1.66. The molecule has 2 rings (SSSR count). The summed E-state index contributed by atoms with van der Waals surface area (Å²) in [6, 6.07) is 5.69. The summed E-state index contributed by atoms with van der Waals surface area (Å²) in [4.78, 5) is 4.20. The Morgan fingerprint density at radius 3 is 2.86 bits per heavy atom. The molecule has 0 atom stereocenters. The number of hydrogen-bond acceptors (Lipinski definition) is 3. The molecule has 0 radical (unpaired) electrons. The zero-order valence-corrected chi connectivity index (χ0v) is 8.59. The number of nitrogen functional groups attached to an aromatic ring is 1. The molecule has 1 aliphatic rings. The van der Waals surface area contributed by atoms with Gasteiger partial charge < -0.3 is 11.1 Å². The molecule has 76 valence electrons. The highest BCUT2D eigenvalue weighted by Gasteiger charge is 2.40. The van der Waals surface area contributed by atoms with Gasteiger partial charge in [-0.05, 0) is 36.8 Å². The van der Waals surface area contributed by atoms with Crippen LogP contribution in [0.5, 0.6) is 0 Å². The Bertz CT molecular complexity index is 318. The Hall–Kier alpha value is -1.25. The fraction of sp³-hybridized carbons (Fsp3) is 0.545. The van der Waals surface area contributed by atoms with E-state index >= 15 is 0 Å². The van der Waals surface area contributed by atoms with Gasteiger partial charge in [0.2, 0.25) is 0 Å². The average Bonchev–Trinajstić information content (AvgIpc) is 2.96. The van der Waals surface area contributed by atoms with E-state index in [1.807, 2.05) is 12.1 Å². The second-order valence-electron chi connectivity index (χ2n) is 4.15. The molecule has 3 heteroatoms. The highest BCUT2D eigenvalue weighted by molar-refractivity contribution is 5.42. The summed E-state index contributed by atoms with van der Waals surface area (Å²) in [7, 11) is 0. The lowest BCUT2D eigenvalue weighted by molar-refractivity contribution is 0.521. The fourth-order valence-electron chi connectivity index (χ4n) is 1.66. The Balaban J connectivity index is 1.92. The number of hydrogen-bond donors (Lipinski definition) is 2. The maximum atomic E-state index is 5.59. The molecule has 0 amide bonds. The monoisotopic (exact) mass is 191 g/mol. The summed E-state index contributed by atoms with van der Waals surface area (Å²) in [5, 5.41) is 3.35. The summed E-state index contributed by atoms with van der Waals surface area (Å²) in [6.07, 6.45) is 3.94. The van der Waals surface area contributed by atoms with Crippen molar-refractivity contribution in [2.45, 2.75) is 26.2 Å². The van der Waals surface area contributed by atoms with E-state index in [-0.39, 0.29) is 0 Å². The first-order chi connectivity index (χ1) is 6.74. The van der Waals surface area contributed by atoms with Gasteiger partial charge in [-0.1, -0.05) is 13.0 Å². The first-order valence-corrected chi connectivity index (χ1v) is 5.20. The van der Waals surface area contributed by atoms with E-state index in [9.17, 15) is 0 Å². The molecule has 0 spiro atoms. The minimum absolute atomic E-state index is 0.548. The molecule has 0 aromatic carbocycles. The number of nitrogens with zero attached hydrogens (tertiary/aromatic N) is 1. The number of nitrogens with two attached hydrogens (primary N) is 1. The van der Waals surface area contributed by atoms with Crippen LogP contribution < -0.4 is 11.1 Å². The molecule has 1 heterocycles. The smallest absolute Gasteiger partial charge is 0.128 e. The predicted octanol–water partition coefficient (Wildman–Crippen LogP) is 2.27. The van der Waals surface area contributed by atoms with Crippen LogP contribution in [0.25, 0.3) is 0 Å². The van der Waals surface area contributed by atoms with Gasteiger partial charge >= 0.3 is 0 Å². The first-order valence-electron chi connectivity index (χ1n) is 5.20. The quantitative estimate of drug-likeness (QED) is 0.767. The van der Waals surface area contributed by atoms with Crippen LogP contribution in [-0.2, 0) is 0 Å². The molecule has 1 aromatic heterocycles. The van der Waals surface area contributed by atoms with E-state index in [0.717, 1.165) is 12.4 Å². The lowest BCUT2D eigenvalue weighted by Gasteiger charge is -2.13. The van der Waals surface area contributed by atoms with Crippen molar-refractivity contribution >= 4 is 11.6 Å². The maximum Gasteiger partial charge on any atom is 0.128 e. The van der Waals surface area contributed by atoms with Gasteiger partial charge in [0, 0.05) is 6.54 Å². The van der Waals surface area contributed by atoms with Crippen LogP contribution in [0.2, 0.25) is 0 Å². The van der Waals surface area contributed by atoms with Crippen LogP contribution >= 0.6 is 0 Å². The van der Waals surface area contributed by atoms with Crippen molar-refractivity contribution in [3.8, 4) is 0 Å². The van der Waals surface area contributed by atoms with Crippen LogP contribution in [0, 0.1) is 5.41 Å². The molecule has 1 aliphatic carbocycles. The standard InChI is InChI=1S/C11H17N3/c1-2-11(6-7-11)8-13-10-5-3-4-9(12)14-10/h3-5H,2,6-8H2,1H3,(H3,12,13,14). The highest BCUT2D eigenvalue weighted by Crippen LogP contribution is 2.48. The molecular weight excluding hydrogens is 174 g/mol. The van der Waals surface area contributed by atoms with Crippen molar-refractivity contribution in [1.29, 1.82) is 0 Å². The van der Waals surface area contributed by atoms with Gasteiger partial charge in [0.25, 0.3) is 0 Å². The van der Waals surface area contributed by atoms with Gasteiger partial charge in [0.1, 0.15) is 11.6 Å². The Morgan fingerprint density at radius 2 is 2.29 bits per heavy atom. The SMILES string of the molecule is CCC1(CNc2cccc(N)n2)CC1. The zero-order chi connectivity index (χ0) is 10.0. The van der Waals surface area contributed by atoms with Crippen molar-refractivity contribution in [3.05, 3.63) is 18.2 Å². The molecule has 0 unspecified atom stereocenters. The first kappa shape index (κ1) is 9.31. The lowest BCUT2D eigenvalue weighted by atomic mass is 10.0. The highest BCUT2D eigenvalue weighted by atomic mass is 15.0. The predicted molar refractivity (Wildman–Crippen MR) is 59.1 cm³/mol. The molecule has 0 aliphatic heterocycles. The molecule has 3 nitrogen and oxygen atoms in total. The molecular formula is C11H17N3. The number of nitrogens with one attached hydrogen (secondary N) is 1. The molecule has 1 fully saturated rings. The van der Waals surface area contributed by atoms with E-state index < -0.39 is 0 Å². The Morgan fingerprint density at radius 1 is 1.50 bits per heavy atom. The van der Waals surface area contributed by atoms with Gasteiger partial charge in [-0.2, -0.15) is 0 Å². The van der Waals surface area contributed by atoms with Gasteiger partial charge in [-0.3, -0.25) is 0 Å². The van der Waals surface area contributed by atoms with Crippen LogP contribution in [0.4, 0.5) is 11.6 Å². The third-order valence-electron chi connectivity index (χ3n) is 3.12. The van der Waals surface area contributed by atoms with Crippen molar-refractivity contribution in [3.63, 3.8) is 0 Å². The third kappa shape index (κ3) is 1.97. The number of pyridine rings is 1. The van der Waals surface area contributed by atoms with E-state index in [1.165, 1.54) is 19.3 Å². The summed E-state index contributed by atoms with van der Waals surface area (Å²) in [5.74, 6) is 1.47. The molecule has 1 aromatic rings. The van der Waals surface area contributed by atoms with Crippen molar-refractivity contribution < 1.29 is 0 Å². The molecule has 14 heavy (non-hydrogen) atoms. The molecule has 0 bridgehead atoms. The van der Waals surface area contributed by atoms with Crippen LogP contribution in [0.1, 0.15) is 26.2 Å². The number of aromatic nitrogens is 1. The largest absolute Gasteiger partial charge is 0.384 e. The average molecular weight is 191 g/mol. The third-order valence-corrected chi connectivity index (χ3v) is 3.12. The van der Waals surface area contributed by atoms with Crippen LogP contribution in [-0.4, -0.2) is 11.5 Å². The lowest BCUT2D eigenvalue weighted by Crippen LogP contribution is -2.15. The van der Waals surface area contributed by atoms with Gasteiger partial charge in [-0.25, -0.2) is 4.98 Å². The van der Waals surface area contributed by atoms with Gasteiger partial charge in [-0.15, -0.1) is 0 Å². The summed E-state index contributed by atoms with van der Waals surface area (Å²) >= 11 is 0. The van der Waals surface area contributed by atoms with E-state index in [1.54, 1.807) is 6.07 Å². The number of rotatable bonds is 4. The van der Waals surface area contributed by atoms with Crippen molar-refractivity contribution in [2.24, 2.45) is 5.41 Å². The van der Waals surface area contributed by atoms with Crippen molar-refractivity contribution in [2.75, 3.05) is 17.6 Å². The Labute approximate surface area is 84.7 Å². The van der Waals surface area contributed by atoms with Crippen LogP contribution in [0.15, 0.2) is 18.2 Å². The van der Waals surface area contributed by atoms with E-state index in [0.29, 0.717) is 11.2 Å². The van der Waals surface area contributed by atoms with Gasteiger partial charge in [0.15, 0.2) is 0 Å². The normalized spacial score (nSPS) is 17.8. The van der Waals surface area contributed by atoms with Crippen LogP contribution in [0.3, 0.4) is 0 Å². The van der Waals surface area contributed by atoms with Crippen molar-refractivity contribution in [1.82, 2.24) is 4.98 Å². The van der Waals surface area contributed by atoms with Gasteiger partial charge in [0.05, 0.1) is 0 Å². The molecule has 1 saturated carbocycles. The molecule has 0 saturated heterocycles. The second-order valence-corrected chi connectivity index (χ2v) is 4.15. The summed E-state index contributed by atoms with van der Waals surface area (Å²) < 4.78 is 0. The van der Waals surface area contributed by atoms with E-state index in [4.69, 9.17) is 5.73 Å². The minimum Gasteiger partial charge on any atom is -0.384 e. The zero-order valence-electron chi connectivity index (χ0n) is 8.59. The summed E-state index contributed by atoms with van der Waals surface area (Å²) in [5.41, 5.74) is 6.14. The molecule has 3 N–H and O–H groups in total. The minimum atomic E-state index is 0.548. The van der Waals surface area contributed by atoms with E-state index in [2.05, 4.69) is 17.2 Å². The Kier molecular flexibility index (Phi) is 2.32. The maximum absolute atomic E-state index is 5.59. The summed E-state index contributed by atoms with van der Waals surface area (Å²) in [6.45, 7) is 3.28.